The van der Waals surface area contributed by atoms with Crippen LogP contribution in [0.15, 0.2) is 0 Å². The van der Waals surface area contributed by atoms with Crippen molar-refractivity contribution in [3.05, 3.63) is 0 Å². The molecule has 2 aliphatic heterocycles. The lowest BCUT2D eigenvalue weighted by Crippen LogP contribution is -2.56. The second kappa shape index (κ2) is 7.79. The van der Waals surface area contributed by atoms with E-state index in [0.717, 1.165) is 6.42 Å². The van der Waals surface area contributed by atoms with Crippen LogP contribution in [0, 0.1) is 23.7 Å². The van der Waals surface area contributed by atoms with Crippen LogP contribution in [0.3, 0.4) is 0 Å². The van der Waals surface area contributed by atoms with Crippen molar-refractivity contribution in [1.29, 1.82) is 0 Å². The Kier molecular flexibility index (Phi) is 6.48. The van der Waals surface area contributed by atoms with Gasteiger partial charge in [0.2, 0.25) is 0 Å². The average molecular weight is 330 g/mol. The van der Waals surface area contributed by atoms with Gasteiger partial charge < -0.3 is 24.4 Å². The van der Waals surface area contributed by atoms with Crippen LogP contribution >= 0.6 is 0 Å². The Morgan fingerprint density at radius 1 is 0.870 bits per heavy atom. The molecule has 0 aliphatic carbocycles. The second-order valence-corrected chi connectivity index (χ2v) is 7.54. The fraction of sp³-hybridized carbons (Fsp3) is 1.00. The monoisotopic (exact) mass is 330 g/mol. The minimum absolute atomic E-state index is 0.0159. The zero-order valence-electron chi connectivity index (χ0n) is 15.3. The van der Waals surface area contributed by atoms with Crippen LogP contribution in [0.25, 0.3) is 0 Å². The van der Waals surface area contributed by atoms with Crippen molar-refractivity contribution in [3.63, 3.8) is 0 Å². The average Bonchev–Trinajstić information content (AvgIpc) is 2.55. The Morgan fingerprint density at radius 3 is 2.09 bits per heavy atom. The molecule has 2 heterocycles. The lowest BCUT2D eigenvalue weighted by Gasteiger charge is -2.48. The predicted octanol–water partition coefficient (Wildman–Crippen LogP) is 2.19. The minimum Gasteiger partial charge on any atom is -0.394 e. The quantitative estimate of drug-likeness (QED) is 0.827. The van der Waals surface area contributed by atoms with Gasteiger partial charge in [-0.25, -0.2) is 0 Å². The summed E-state index contributed by atoms with van der Waals surface area (Å²) in [5, 5.41) is 19.6. The zero-order valence-corrected chi connectivity index (χ0v) is 15.3. The van der Waals surface area contributed by atoms with Crippen LogP contribution < -0.4 is 0 Å². The van der Waals surface area contributed by atoms with Crippen LogP contribution in [0.2, 0.25) is 0 Å². The van der Waals surface area contributed by atoms with Crippen LogP contribution in [-0.4, -0.2) is 53.6 Å². The molecule has 2 N–H and O–H groups in total. The molecule has 2 aliphatic rings. The Morgan fingerprint density at radius 2 is 1.52 bits per heavy atom. The first-order valence-electron chi connectivity index (χ1n) is 9.07. The summed E-state index contributed by atoms with van der Waals surface area (Å²) in [4.78, 5) is 0. The number of hydrogen-bond acceptors (Lipinski definition) is 5. The second-order valence-electron chi connectivity index (χ2n) is 7.54. The standard InChI is InChI=1S/C18H34O5/c1-7-14-17(11(4)9(2)13(6)21-14)23-18-12(5)10(3)16(20)15(8-19)22-18/h9-20H,7-8H2,1-6H3/t9?,10-,11-,12?,13+,14?,15?,16+,17+,18-/m1/s1. The molecule has 4 unspecified atom stereocenters. The van der Waals surface area contributed by atoms with Crippen LogP contribution in [-0.2, 0) is 14.2 Å². The number of aliphatic hydroxyl groups is 2. The van der Waals surface area contributed by atoms with Gasteiger partial charge in [0, 0.05) is 5.92 Å². The Hall–Kier alpha value is -0.200. The van der Waals surface area contributed by atoms with Gasteiger partial charge in [0.1, 0.15) is 6.10 Å². The zero-order chi connectivity index (χ0) is 17.3. The highest BCUT2D eigenvalue weighted by Crippen LogP contribution is 2.38. The summed E-state index contributed by atoms with van der Waals surface area (Å²) in [7, 11) is 0. The predicted molar refractivity (Wildman–Crippen MR) is 87.9 cm³/mol. The third-order valence-corrected chi connectivity index (χ3v) is 6.20. The highest BCUT2D eigenvalue weighted by Gasteiger charge is 2.45. The van der Waals surface area contributed by atoms with Crippen LogP contribution in [0.1, 0.15) is 48.0 Å². The van der Waals surface area contributed by atoms with Crippen molar-refractivity contribution in [2.75, 3.05) is 6.61 Å². The first kappa shape index (κ1) is 19.1. The van der Waals surface area contributed by atoms with Crippen molar-refractivity contribution in [3.8, 4) is 0 Å². The molecular weight excluding hydrogens is 296 g/mol. The molecule has 23 heavy (non-hydrogen) atoms. The van der Waals surface area contributed by atoms with Gasteiger partial charge in [0.15, 0.2) is 6.29 Å². The van der Waals surface area contributed by atoms with E-state index in [0.29, 0.717) is 11.8 Å². The fourth-order valence-electron chi connectivity index (χ4n) is 3.82. The molecule has 10 atom stereocenters. The normalized spacial score (nSPS) is 51.7. The van der Waals surface area contributed by atoms with Gasteiger partial charge in [-0.15, -0.1) is 0 Å². The molecule has 2 fully saturated rings. The molecule has 136 valence electrons. The van der Waals surface area contributed by atoms with E-state index in [1.807, 2.05) is 13.8 Å². The smallest absolute Gasteiger partial charge is 0.161 e. The summed E-state index contributed by atoms with van der Waals surface area (Å²) in [5.74, 6) is 0.863. The summed E-state index contributed by atoms with van der Waals surface area (Å²) in [6, 6.07) is 0. The van der Waals surface area contributed by atoms with E-state index in [2.05, 4.69) is 27.7 Å². The van der Waals surface area contributed by atoms with Gasteiger partial charge in [0.05, 0.1) is 31.0 Å². The first-order valence-corrected chi connectivity index (χ1v) is 9.07. The summed E-state index contributed by atoms with van der Waals surface area (Å²) in [5.41, 5.74) is 0. The largest absolute Gasteiger partial charge is 0.394 e. The number of rotatable bonds is 4. The maximum atomic E-state index is 10.2. The number of ether oxygens (including phenoxy) is 3. The van der Waals surface area contributed by atoms with E-state index in [9.17, 15) is 10.2 Å². The molecule has 5 nitrogen and oxygen atoms in total. The third-order valence-electron chi connectivity index (χ3n) is 6.20. The van der Waals surface area contributed by atoms with Crippen molar-refractivity contribution in [2.45, 2.75) is 84.8 Å². The lowest BCUT2D eigenvalue weighted by atomic mass is 9.80. The Balaban J connectivity index is 2.11. The van der Waals surface area contributed by atoms with Crippen LogP contribution in [0.4, 0.5) is 0 Å². The Bertz CT molecular complexity index is 372. The first-order chi connectivity index (χ1) is 10.8. The van der Waals surface area contributed by atoms with Crippen molar-refractivity contribution >= 4 is 0 Å². The van der Waals surface area contributed by atoms with E-state index >= 15 is 0 Å². The van der Waals surface area contributed by atoms with Gasteiger partial charge in [0.25, 0.3) is 0 Å². The molecule has 0 aromatic rings. The molecule has 2 rings (SSSR count). The molecule has 5 heteroatoms. The van der Waals surface area contributed by atoms with Crippen molar-refractivity contribution < 1.29 is 24.4 Å². The third kappa shape index (κ3) is 3.74. The highest BCUT2D eigenvalue weighted by atomic mass is 16.7. The van der Waals surface area contributed by atoms with E-state index in [-0.39, 0.29) is 36.8 Å². The van der Waals surface area contributed by atoms with Crippen molar-refractivity contribution in [2.24, 2.45) is 23.7 Å². The summed E-state index contributed by atoms with van der Waals surface area (Å²) in [6.07, 6.45) is -0.503. The molecule has 0 amide bonds. The molecule has 0 spiro atoms. The van der Waals surface area contributed by atoms with Gasteiger partial charge in [-0.3, -0.25) is 0 Å². The number of hydrogen-bond donors (Lipinski definition) is 2. The lowest BCUT2D eigenvalue weighted by molar-refractivity contribution is -0.310. The highest BCUT2D eigenvalue weighted by molar-refractivity contribution is 4.90. The molecule has 0 bridgehead atoms. The molecule has 0 aromatic carbocycles. The summed E-state index contributed by atoms with van der Waals surface area (Å²) in [6.45, 7) is 12.5. The van der Waals surface area contributed by atoms with E-state index in [1.54, 1.807) is 0 Å². The molecule has 0 saturated carbocycles. The molecular formula is C18H34O5. The van der Waals surface area contributed by atoms with Gasteiger partial charge in [-0.2, -0.15) is 0 Å². The van der Waals surface area contributed by atoms with Gasteiger partial charge >= 0.3 is 0 Å². The van der Waals surface area contributed by atoms with E-state index < -0.39 is 18.5 Å². The molecule has 0 aromatic heterocycles. The van der Waals surface area contributed by atoms with Gasteiger partial charge in [-0.05, 0) is 31.1 Å². The van der Waals surface area contributed by atoms with E-state index in [4.69, 9.17) is 14.2 Å². The maximum Gasteiger partial charge on any atom is 0.161 e. The topological polar surface area (TPSA) is 68.2 Å². The molecule has 0 radical (unpaired) electrons. The fourth-order valence-corrected chi connectivity index (χ4v) is 3.82. The van der Waals surface area contributed by atoms with E-state index in [1.165, 1.54) is 0 Å². The Labute approximate surface area is 140 Å². The summed E-state index contributed by atoms with van der Waals surface area (Å²) >= 11 is 0. The van der Waals surface area contributed by atoms with Gasteiger partial charge in [-0.1, -0.05) is 34.6 Å². The SMILES string of the molecule is CCC1O[C@@H](C)C(C)[C@@H](C)[C@@H]1O[C@H]1OC(CO)[C@@H](O)[C@H](C)C1C. The van der Waals surface area contributed by atoms with Crippen LogP contribution in [0.5, 0.6) is 0 Å². The number of aliphatic hydroxyl groups excluding tert-OH is 2. The molecule has 2 saturated heterocycles. The summed E-state index contributed by atoms with van der Waals surface area (Å²) < 4.78 is 18.3. The minimum atomic E-state index is -0.657. The maximum absolute atomic E-state index is 10.2. The van der Waals surface area contributed by atoms with Crippen molar-refractivity contribution in [1.82, 2.24) is 0 Å².